The van der Waals surface area contributed by atoms with E-state index in [4.69, 9.17) is 9.15 Å². The SMILES string of the molecule is COC(=O)CCc1cnc2nc(CC3CCN(C(=O)OC(C)(C)C)CC3)oc2c1. The number of aromatic nitrogens is 2. The summed E-state index contributed by atoms with van der Waals surface area (Å²) in [6, 6.07) is 1.88. The molecule has 0 spiro atoms. The summed E-state index contributed by atoms with van der Waals surface area (Å²) in [5, 5.41) is 0. The maximum atomic E-state index is 12.2. The molecule has 1 amide bonds. The molecule has 29 heavy (non-hydrogen) atoms. The van der Waals surface area contributed by atoms with Crippen LogP contribution < -0.4 is 0 Å². The zero-order chi connectivity index (χ0) is 21.0. The van der Waals surface area contributed by atoms with E-state index >= 15 is 0 Å². The van der Waals surface area contributed by atoms with Gasteiger partial charge in [0, 0.05) is 32.1 Å². The number of methoxy groups -OCH3 is 1. The van der Waals surface area contributed by atoms with Crippen molar-refractivity contribution in [3.63, 3.8) is 0 Å². The van der Waals surface area contributed by atoms with E-state index in [1.54, 1.807) is 11.1 Å². The second-order valence-corrected chi connectivity index (χ2v) is 8.46. The summed E-state index contributed by atoms with van der Waals surface area (Å²) in [6.45, 7) is 6.98. The number of esters is 1. The quantitative estimate of drug-likeness (QED) is 0.705. The predicted molar refractivity (Wildman–Crippen MR) is 106 cm³/mol. The molecule has 0 atom stereocenters. The first-order chi connectivity index (χ1) is 13.7. The van der Waals surface area contributed by atoms with Gasteiger partial charge in [-0.05, 0) is 57.6 Å². The number of rotatable bonds is 5. The molecule has 3 rings (SSSR count). The van der Waals surface area contributed by atoms with Gasteiger partial charge in [0.25, 0.3) is 0 Å². The summed E-state index contributed by atoms with van der Waals surface area (Å²) in [7, 11) is 1.38. The van der Waals surface area contributed by atoms with E-state index in [2.05, 4.69) is 14.7 Å². The Labute approximate surface area is 170 Å². The molecule has 1 fully saturated rings. The molecule has 0 aliphatic carbocycles. The van der Waals surface area contributed by atoms with E-state index in [0.29, 0.717) is 49.0 Å². The van der Waals surface area contributed by atoms with Crippen molar-refractivity contribution in [1.29, 1.82) is 0 Å². The number of hydrogen-bond acceptors (Lipinski definition) is 7. The van der Waals surface area contributed by atoms with E-state index in [9.17, 15) is 9.59 Å². The first-order valence-corrected chi connectivity index (χ1v) is 10.0. The summed E-state index contributed by atoms with van der Waals surface area (Å²) >= 11 is 0. The fourth-order valence-electron chi connectivity index (χ4n) is 3.37. The molecule has 1 aliphatic rings. The predicted octanol–water partition coefficient (Wildman–Crippen LogP) is 3.52. The van der Waals surface area contributed by atoms with Crippen molar-refractivity contribution in [2.24, 2.45) is 5.92 Å². The minimum Gasteiger partial charge on any atom is -0.469 e. The van der Waals surface area contributed by atoms with Gasteiger partial charge in [0.1, 0.15) is 5.60 Å². The first-order valence-electron chi connectivity index (χ1n) is 10.0. The number of aryl methyl sites for hydroxylation is 1. The average Bonchev–Trinajstić information content (AvgIpc) is 3.06. The molecule has 0 unspecified atom stereocenters. The second kappa shape index (κ2) is 8.80. The molecular formula is C21H29N3O5. The van der Waals surface area contributed by atoms with Crippen molar-refractivity contribution >= 4 is 23.3 Å². The Hall–Kier alpha value is -2.64. The van der Waals surface area contributed by atoms with Crippen LogP contribution in [0.5, 0.6) is 0 Å². The molecule has 0 radical (unpaired) electrons. The largest absolute Gasteiger partial charge is 0.469 e. The number of amides is 1. The van der Waals surface area contributed by atoms with Gasteiger partial charge in [-0.2, -0.15) is 4.98 Å². The maximum absolute atomic E-state index is 12.2. The number of ether oxygens (including phenoxy) is 2. The van der Waals surface area contributed by atoms with Crippen LogP contribution in [0.2, 0.25) is 0 Å². The van der Waals surface area contributed by atoms with Gasteiger partial charge in [-0.3, -0.25) is 4.79 Å². The molecule has 8 heteroatoms. The normalized spacial score (nSPS) is 15.5. The van der Waals surface area contributed by atoms with Crippen LogP contribution in [0.1, 0.15) is 51.5 Å². The van der Waals surface area contributed by atoms with Crippen molar-refractivity contribution in [1.82, 2.24) is 14.9 Å². The first kappa shape index (κ1) is 21.1. The third-order valence-corrected chi connectivity index (χ3v) is 4.92. The summed E-state index contributed by atoms with van der Waals surface area (Å²) < 4.78 is 16.0. The lowest BCUT2D eigenvalue weighted by molar-refractivity contribution is -0.140. The fourth-order valence-corrected chi connectivity index (χ4v) is 3.37. The highest BCUT2D eigenvalue weighted by atomic mass is 16.6. The average molecular weight is 403 g/mol. The van der Waals surface area contributed by atoms with Gasteiger partial charge in [0.05, 0.1) is 7.11 Å². The van der Waals surface area contributed by atoms with Gasteiger partial charge >= 0.3 is 12.1 Å². The minimum atomic E-state index is -0.477. The van der Waals surface area contributed by atoms with Gasteiger partial charge in [0.15, 0.2) is 17.1 Å². The second-order valence-electron chi connectivity index (χ2n) is 8.46. The zero-order valence-corrected chi connectivity index (χ0v) is 17.6. The maximum Gasteiger partial charge on any atom is 0.410 e. The molecule has 158 valence electrons. The van der Waals surface area contributed by atoms with Gasteiger partial charge in [-0.25, -0.2) is 9.78 Å². The monoisotopic (exact) mass is 403 g/mol. The molecule has 0 aromatic carbocycles. The Morgan fingerprint density at radius 3 is 2.66 bits per heavy atom. The van der Waals surface area contributed by atoms with E-state index in [1.165, 1.54) is 7.11 Å². The molecular weight excluding hydrogens is 374 g/mol. The zero-order valence-electron chi connectivity index (χ0n) is 17.6. The third kappa shape index (κ3) is 5.92. The number of fused-ring (bicyclic) bond motifs is 1. The van der Waals surface area contributed by atoms with Crippen LogP contribution in [0, 0.1) is 5.92 Å². The molecule has 1 aliphatic heterocycles. The standard InChI is InChI=1S/C21H29N3O5/c1-21(2,3)29-20(26)24-9-7-14(8-10-24)12-17-23-19-16(28-17)11-15(13-22-19)5-6-18(25)27-4/h11,13-14H,5-10,12H2,1-4H3. The van der Waals surface area contributed by atoms with Crippen LogP contribution in [0.15, 0.2) is 16.7 Å². The summed E-state index contributed by atoms with van der Waals surface area (Å²) in [4.78, 5) is 34.1. The van der Waals surface area contributed by atoms with Crippen LogP contribution in [0.3, 0.4) is 0 Å². The molecule has 3 heterocycles. The van der Waals surface area contributed by atoms with E-state index < -0.39 is 5.60 Å². The Morgan fingerprint density at radius 1 is 1.28 bits per heavy atom. The van der Waals surface area contributed by atoms with E-state index in [0.717, 1.165) is 24.8 Å². The number of carbonyl (C=O) groups is 2. The van der Waals surface area contributed by atoms with Gasteiger partial charge in [-0.1, -0.05) is 0 Å². The third-order valence-electron chi connectivity index (χ3n) is 4.92. The van der Waals surface area contributed by atoms with Crippen LogP contribution >= 0.6 is 0 Å². The number of likely N-dealkylation sites (tertiary alicyclic amines) is 1. The molecule has 0 N–H and O–H groups in total. The van der Waals surface area contributed by atoms with Gasteiger partial charge in [-0.15, -0.1) is 0 Å². The lowest BCUT2D eigenvalue weighted by Gasteiger charge is -2.33. The Balaban J connectivity index is 1.54. The topological polar surface area (TPSA) is 94.8 Å². The lowest BCUT2D eigenvalue weighted by Crippen LogP contribution is -2.42. The molecule has 1 saturated heterocycles. The molecule has 8 nitrogen and oxygen atoms in total. The van der Waals surface area contributed by atoms with Crippen molar-refractivity contribution < 1.29 is 23.5 Å². The molecule has 0 saturated carbocycles. The number of piperidine rings is 1. The van der Waals surface area contributed by atoms with Crippen LogP contribution in [-0.4, -0.2) is 52.7 Å². The van der Waals surface area contributed by atoms with Crippen LogP contribution in [-0.2, 0) is 27.1 Å². The highest BCUT2D eigenvalue weighted by Gasteiger charge is 2.27. The Morgan fingerprint density at radius 2 is 2.00 bits per heavy atom. The van der Waals surface area contributed by atoms with E-state index in [1.807, 2.05) is 26.8 Å². The lowest BCUT2D eigenvalue weighted by atomic mass is 9.94. The molecule has 2 aromatic rings. The fraction of sp³-hybridized carbons (Fsp3) is 0.619. The van der Waals surface area contributed by atoms with Crippen molar-refractivity contribution in [2.75, 3.05) is 20.2 Å². The van der Waals surface area contributed by atoms with Gasteiger partial charge in [0.2, 0.25) is 0 Å². The van der Waals surface area contributed by atoms with E-state index in [-0.39, 0.29) is 12.1 Å². The summed E-state index contributed by atoms with van der Waals surface area (Å²) in [5.74, 6) is 0.815. The number of oxazole rings is 1. The number of pyridine rings is 1. The molecule has 0 bridgehead atoms. The minimum absolute atomic E-state index is 0.249. The van der Waals surface area contributed by atoms with Crippen LogP contribution in [0.4, 0.5) is 4.79 Å². The smallest absolute Gasteiger partial charge is 0.410 e. The Kier molecular flexibility index (Phi) is 6.39. The highest BCUT2D eigenvalue weighted by molar-refractivity contribution is 5.71. The Bertz CT molecular complexity index is 863. The van der Waals surface area contributed by atoms with Crippen LogP contribution in [0.25, 0.3) is 11.2 Å². The number of hydrogen-bond donors (Lipinski definition) is 0. The molecule has 2 aromatic heterocycles. The van der Waals surface area contributed by atoms with Crippen molar-refractivity contribution in [2.45, 2.75) is 58.5 Å². The van der Waals surface area contributed by atoms with Gasteiger partial charge < -0.3 is 18.8 Å². The number of nitrogens with zero attached hydrogens (tertiary/aromatic N) is 3. The van der Waals surface area contributed by atoms with Crippen molar-refractivity contribution in [3.05, 3.63) is 23.7 Å². The summed E-state index contributed by atoms with van der Waals surface area (Å²) in [6.07, 6.45) is 4.82. The summed E-state index contributed by atoms with van der Waals surface area (Å²) in [5.41, 5.74) is 1.65. The number of carbonyl (C=O) groups excluding carboxylic acids is 2. The highest BCUT2D eigenvalue weighted by Crippen LogP contribution is 2.25. The van der Waals surface area contributed by atoms with Crippen molar-refractivity contribution in [3.8, 4) is 0 Å².